The van der Waals surface area contributed by atoms with Crippen LogP contribution < -0.4 is 15.5 Å². The average molecular weight is 286 g/mol. The Balaban J connectivity index is 1.68. The van der Waals surface area contributed by atoms with E-state index in [1.54, 1.807) is 12.0 Å². The van der Waals surface area contributed by atoms with Crippen LogP contribution in [0.25, 0.3) is 0 Å². The van der Waals surface area contributed by atoms with Crippen molar-refractivity contribution in [2.24, 2.45) is 11.8 Å². The van der Waals surface area contributed by atoms with Gasteiger partial charge in [-0.15, -0.1) is 0 Å². The van der Waals surface area contributed by atoms with Gasteiger partial charge in [0.2, 0.25) is 0 Å². The molecule has 0 aromatic rings. The number of rotatable bonds is 6. The summed E-state index contributed by atoms with van der Waals surface area (Å²) in [6.07, 6.45) is 4.16. The van der Waals surface area contributed by atoms with E-state index in [1.165, 1.54) is 32.4 Å². The standard InChI is InChI=1S/C14H27N3OS/c1-3-11-10-17-6-4-12(11)8-13(17)9-16-14(19)15-5-7-18-2/h11-13H,3-10H2,1-2H3,(H2,15,16,19)/p+1/t11-,12-,13+/m0/s1. The Morgan fingerprint density at radius 2 is 2.26 bits per heavy atom. The topological polar surface area (TPSA) is 37.7 Å². The summed E-state index contributed by atoms with van der Waals surface area (Å²) in [4.78, 5) is 1.79. The number of hydrogen-bond donors (Lipinski definition) is 3. The van der Waals surface area contributed by atoms with Gasteiger partial charge in [0.15, 0.2) is 5.11 Å². The van der Waals surface area contributed by atoms with E-state index < -0.39 is 0 Å². The second-order valence-electron chi connectivity index (χ2n) is 5.89. The van der Waals surface area contributed by atoms with Crippen molar-refractivity contribution >= 4 is 17.3 Å². The van der Waals surface area contributed by atoms with Crippen molar-refractivity contribution in [3.05, 3.63) is 0 Å². The fourth-order valence-electron chi connectivity index (χ4n) is 3.68. The molecule has 4 atom stereocenters. The number of fused-ring (bicyclic) bond motifs is 3. The highest BCUT2D eigenvalue weighted by atomic mass is 32.1. The van der Waals surface area contributed by atoms with Gasteiger partial charge in [-0.25, -0.2) is 0 Å². The van der Waals surface area contributed by atoms with Crippen molar-refractivity contribution in [2.75, 3.05) is 39.9 Å². The Labute approximate surface area is 122 Å². The average Bonchev–Trinajstić information content (AvgIpc) is 2.46. The van der Waals surface area contributed by atoms with Gasteiger partial charge in [0, 0.05) is 32.4 Å². The fraction of sp³-hybridized carbons (Fsp3) is 0.929. The Morgan fingerprint density at radius 1 is 1.42 bits per heavy atom. The summed E-state index contributed by atoms with van der Waals surface area (Å²) < 4.78 is 5.00. The Bertz CT molecular complexity index is 300. The van der Waals surface area contributed by atoms with Crippen molar-refractivity contribution in [2.45, 2.75) is 32.2 Å². The van der Waals surface area contributed by atoms with Crippen LogP contribution in [0.5, 0.6) is 0 Å². The lowest BCUT2D eigenvalue weighted by atomic mass is 9.74. The molecule has 3 N–H and O–H groups in total. The number of methoxy groups -OCH3 is 1. The quantitative estimate of drug-likeness (QED) is 0.467. The van der Waals surface area contributed by atoms with Crippen molar-refractivity contribution < 1.29 is 9.64 Å². The third-order valence-corrected chi connectivity index (χ3v) is 5.11. The molecule has 4 nitrogen and oxygen atoms in total. The molecule has 3 saturated heterocycles. The molecule has 110 valence electrons. The lowest BCUT2D eigenvalue weighted by Gasteiger charge is -2.46. The lowest BCUT2D eigenvalue weighted by Crippen LogP contribution is -3.20. The molecule has 5 heteroatoms. The molecular weight excluding hydrogens is 258 g/mol. The van der Waals surface area contributed by atoms with E-state index in [4.69, 9.17) is 17.0 Å². The minimum absolute atomic E-state index is 0.697. The van der Waals surface area contributed by atoms with Crippen molar-refractivity contribution in [3.63, 3.8) is 0 Å². The Hall–Kier alpha value is -0.390. The fourth-order valence-corrected chi connectivity index (χ4v) is 3.86. The molecule has 2 bridgehead atoms. The minimum Gasteiger partial charge on any atom is -0.383 e. The van der Waals surface area contributed by atoms with Crippen LogP contribution in [0.15, 0.2) is 0 Å². The number of piperidine rings is 3. The Morgan fingerprint density at radius 3 is 2.89 bits per heavy atom. The highest BCUT2D eigenvalue weighted by Gasteiger charge is 2.42. The third kappa shape index (κ3) is 4.04. The van der Waals surface area contributed by atoms with Crippen LogP contribution in [-0.4, -0.2) is 51.0 Å². The summed E-state index contributed by atoms with van der Waals surface area (Å²) in [5.74, 6) is 1.93. The predicted molar refractivity (Wildman–Crippen MR) is 81.5 cm³/mol. The summed E-state index contributed by atoms with van der Waals surface area (Å²) >= 11 is 5.28. The summed E-state index contributed by atoms with van der Waals surface area (Å²) in [5, 5.41) is 7.32. The monoisotopic (exact) mass is 286 g/mol. The second kappa shape index (κ2) is 7.41. The smallest absolute Gasteiger partial charge is 0.166 e. The van der Waals surface area contributed by atoms with Gasteiger partial charge >= 0.3 is 0 Å². The highest BCUT2D eigenvalue weighted by Crippen LogP contribution is 2.28. The van der Waals surface area contributed by atoms with Crippen LogP contribution in [0.3, 0.4) is 0 Å². The summed E-state index contributed by atoms with van der Waals surface area (Å²) in [5.41, 5.74) is 0. The lowest BCUT2D eigenvalue weighted by molar-refractivity contribution is -0.945. The van der Waals surface area contributed by atoms with Crippen LogP contribution in [0.1, 0.15) is 26.2 Å². The molecular formula is C14H28N3OS+. The van der Waals surface area contributed by atoms with E-state index in [2.05, 4.69) is 17.6 Å². The molecule has 0 aliphatic carbocycles. The van der Waals surface area contributed by atoms with E-state index in [1.807, 2.05) is 0 Å². The van der Waals surface area contributed by atoms with Crippen molar-refractivity contribution in [1.29, 1.82) is 0 Å². The highest BCUT2D eigenvalue weighted by molar-refractivity contribution is 7.80. The zero-order valence-corrected chi connectivity index (χ0v) is 13.0. The minimum atomic E-state index is 0.697. The maximum atomic E-state index is 5.28. The van der Waals surface area contributed by atoms with Crippen molar-refractivity contribution in [1.82, 2.24) is 10.6 Å². The molecule has 0 amide bonds. The molecule has 3 fully saturated rings. The molecule has 3 aliphatic heterocycles. The normalized spacial score (nSPS) is 33.2. The number of ether oxygens (including phenoxy) is 1. The summed E-state index contributed by atoms with van der Waals surface area (Å²) in [6.45, 7) is 7.57. The number of thiocarbonyl (C=S) groups is 1. The van der Waals surface area contributed by atoms with Gasteiger partial charge in [0.05, 0.1) is 26.2 Å². The molecule has 0 aromatic heterocycles. The van der Waals surface area contributed by atoms with Gasteiger partial charge in [-0.05, 0) is 24.6 Å². The molecule has 0 spiro atoms. The first kappa shape index (κ1) is 15.0. The summed E-state index contributed by atoms with van der Waals surface area (Å²) in [6, 6.07) is 0.753. The van der Waals surface area contributed by atoms with Gasteiger partial charge in [-0.1, -0.05) is 6.92 Å². The number of nitrogens with one attached hydrogen (secondary N) is 3. The maximum absolute atomic E-state index is 5.28. The maximum Gasteiger partial charge on any atom is 0.166 e. The van der Waals surface area contributed by atoms with E-state index in [0.29, 0.717) is 6.61 Å². The van der Waals surface area contributed by atoms with Crippen LogP contribution >= 0.6 is 12.2 Å². The van der Waals surface area contributed by atoms with Gasteiger partial charge in [0.1, 0.15) is 6.04 Å². The number of quaternary nitrogens is 1. The summed E-state index contributed by atoms with van der Waals surface area (Å²) in [7, 11) is 1.71. The van der Waals surface area contributed by atoms with Crippen LogP contribution in [-0.2, 0) is 4.74 Å². The molecule has 0 aromatic carbocycles. The zero-order chi connectivity index (χ0) is 13.7. The van der Waals surface area contributed by atoms with E-state index in [0.717, 1.165) is 36.1 Å². The molecule has 3 rings (SSSR count). The van der Waals surface area contributed by atoms with Crippen LogP contribution in [0, 0.1) is 11.8 Å². The number of hydrogen-bond acceptors (Lipinski definition) is 2. The molecule has 0 saturated carbocycles. The first-order chi connectivity index (χ1) is 9.24. The second-order valence-corrected chi connectivity index (χ2v) is 6.30. The molecule has 19 heavy (non-hydrogen) atoms. The van der Waals surface area contributed by atoms with E-state index in [9.17, 15) is 0 Å². The van der Waals surface area contributed by atoms with Gasteiger partial charge < -0.3 is 20.3 Å². The third-order valence-electron chi connectivity index (χ3n) is 4.82. The van der Waals surface area contributed by atoms with Crippen molar-refractivity contribution in [3.8, 4) is 0 Å². The molecule has 3 aliphatic rings. The van der Waals surface area contributed by atoms with Gasteiger partial charge in [-0.3, -0.25) is 0 Å². The Kier molecular flexibility index (Phi) is 5.85. The van der Waals surface area contributed by atoms with Crippen LogP contribution in [0.2, 0.25) is 0 Å². The van der Waals surface area contributed by atoms with Gasteiger partial charge in [-0.2, -0.15) is 0 Å². The van der Waals surface area contributed by atoms with E-state index >= 15 is 0 Å². The first-order valence-corrected chi connectivity index (χ1v) is 8.00. The predicted octanol–water partition coefficient (Wildman–Crippen LogP) is -0.200. The molecule has 1 unspecified atom stereocenters. The van der Waals surface area contributed by atoms with Gasteiger partial charge in [0.25, 0.3) is 0 Å². The SMILES string of the molecule is CC[C@H]1C[NH+]2CC[C@H]1C[C@@H]2CNC(=S)NCCOC. The van der Waals surface area contributed by atoms with E-state index in [-0.39, 0.29) is 0 Å². The van der Waals surface area contributed by atoms with Crippen LogP contribution in [0.4, 0.5) is 0 Å². The zero-order valence-electron chi connectivity index (χ0n) is 12.2. The largest absolute Gasteiger partial charge is 0.383 e. The molecule has 3 heterocycles. The first-order valence-electron chi connectivity index (χ1n) is 7.59. The molecule has 0 radical (unpaired) electrons.